The van der Waals surface area contributed by atoms with Crippen LogP contribution in [0.1, 0.15) is 40.5 Å². The van der Waals surface area contributed by atoms with Gasteiger partial charge in [0, 0.05) is 12.7 Å². The summed E-state index contributed by atoms with van der Waals surface area (Å²) < 4.78 is 11.8. The van der Waals surface area contributed by atoms with Crippen LogP contribution in [0, 0.1) is 0 Å². The van der Waals surface area contributed by atoms with E-state index in [2.05, 4.69) is 13.2 Å². The maximum Gasteiger partial charge on any atom is 0.164 e. The Bertz CT molecular complexity index is 473. The number of allylic oxidation sites excluding steroid dienone is 2. The van der Waals surface area contributed by atoms with E-state index in [1.54, 1.807) is 19.3 Å². The van der Waals surface area contributed by atoms with Crippen LogP contribution in [-0.2, 0) is 9.47 Å². The maximum absolute atomic E-state index is 10.6. The van der Waals surface area contributed by atoms with Crippen molar-refractivity contribution in [2.24, 2.45) is 0 Å². The number of hydrogen-bond acceptors (Lipinski definition) is 3. The van der Waals surface area contributed by atoms with Gasteiger partial charge in [-0.1, -0.05) is 33.1 Å². The molecule has 1 aliphatic heterocycles. The molecule has 1 heterocycles. The van der Waals surface area contributed by atoms with E-state index in [0.29, 0.717) is 11.3 Å². The predicted octanol–water partition coefficient (Wildman–Crippen LogP) is 4.44. The van der Waals surface area contributed by atoms with Crippen molar-refractivity contribution in [1.82, 2.24) is 0 Å². The Kier molecular flexibility index (Phi) is 4.87. The highest BCUT2D eigenvalue weighted by molar-refractivity contribution is 5.49. The summed E-state index contributed by atoms with van der Waals surface area (Å²) in [6, 6.07) is 0. The van der Waals surface area contributed by atoms with Crippen molar-refractivity contribution in [3.8, 4) is 0 Å². The first kappa shape index (κ1) is 16.6. The molecule has 0 saturated carbocycles. The Hall–Kier alpha value is -1.48. The molecule has 0 aliphatic carbocycles. The molecule has 1 unspecified atom stereocenters. The zero-order valence-corrected chi connectivity index (χ0v) is 13.2. The van der Waals surface area contributed by atoms with E-state index in [9.17, 15) is 5.11 Å². The van der Waals surface area contributed by atoms with Gasteiger partial charge in [0.05, 0.1) is 0 Å². The monoisotopic (exact) mass is 278 g/mol. The Morgan fingerprint density at radius 2 is 2.00 bits per heavy atom. The smallest absolute Gasteiger partial charge is 0.164 e. The SMILES string of the molecule is C=C/C=C1\O[C@](C)(CC)C(C)(OC)C(C(=C)CC)=C1O. The summed E-state index contributed by atoms with van der Waals surface area (Å²) in [5, 5.41) is 10.6. The standard InChI is InChI=1S/C17H26O3/c1-8-11-13-15(18)14(12(4)9-2)17(6,19-7)16(5,10-3)20-13/h8,11,18H,1,4,9-10H2,2-3,5-7H3/b13-11-/t16-,17?/m1/s1. The molecular weight excluding hydrogens is 252 g/mol. The summed E-state index contributed by atoms with van der Waals surface area (Å²) in [5.41, 5.74) is 0.226. The normalized spacial score (nSPS) is 32.1. The molecular formula is C17H26O3. The number of methoxy groups -OCH3 is 1. The van der Waals surface area contributed by atoms with Crippen LogP contribution < -0.4 is 0 Å². The Morgan fingerprint density at radius 3 is 2.40 bits per heavy atom. The minimum atomic E-state index is -0.753. The number of aliphatic hydroxyl groups is 1. The molecule has 0 saturated heterocycles. The van der Waals surface area contributed by atoms with Gasteiger partial charge in [0.2, 0.25) is 0 Å². The lowest BCUT2D eigenvalue weighted by Crippen LogP contribution is -2.57. The van der Waals surface area contributed by atoms with Crippen molar-refractivity contribution in [2.45, 2.75) is 51.7 Å². The lowest BCUT2D eigenvalue weighted by Gasteiger charge is -2.50. The van der Waals surface area contributed by atoms with E-state index in [1.807, 2.05) is 27.7 Å². The van der Waals surface area contributed by atoms with Gasteiger partial charge >= 0.3 is 0 Å². The third-order valence-corrected chi connectivity index (χ3v) is 4.42. The molecule has 0 bridgehead atoms. The topological polar surface area (TPSA) is 38.7 Å². The van der Waals surface area contributed by atoms with Crippen molar-refractivity contribution < 1.29 is 14.6 Å². The first-order valence-corrected chi connectivity index (χ1v) is 7.00. The Labute approximate surface area is 122 Å². The van der Waals surface area contributed by atoms with Gasteiger partial charge in [0.1, 0.15) is 11.2 Å². The van der Waals surface area contributed by atoms with E-state index in [0.717, 1.165) is 18.4 Å². The fraction of sp³-hybridized carbons (Fsp3) is 0.529. The number of hydrogen-bond donors (Lipinski definition) is 1. The molecule has 0 spiro atoms. The van der Waals surface area contributed by atoms with Gasteiger partial charge in [-0.15, -0.1) is 0 Å². The number of ether oxygens (including phenoxy) is 2. The largest absolute Gasteiger partial charge is 0.504 e. The van der Waals surface area contributed by atoms with Crippen molar-refractivity contribution >= 4 is 0 Å². The molecule has 0 aromatic heterocycles. The quantitative estimate of drug-likeness (QED) is 0.808. The summed E-state index contributed by atoms with van der Waals surface area (Å²) in [7, 11) is 1.63. The van der Waals surface area contributed by atoms with Crippen LogP contribution >= 0.6 is 0 Å². The maximum atomic E-state index is 10.6. The van der Waals surface area contributed by atoms with Gasteiger partial charge in [-0.2, -0.15) is 0 Å². The van der Waals surface area contributed by atoms with Crippen molar-refractivity contribution in [3.63, 3.8) is 0 Å². The van der Waals surface area contributed by atoms with Crippen molar-refractivity contribution in [2.75, 3.05) is 7.11 Å². The van der Waals surface area contributed by atoms with E-state index in [4.69, 9.17) is 9.47 Å². The van der Waals surface area contributed by atoms with Gasteiger partial charge in [0.25, 0.3) is 0 Å². The molecule has 3 nitrogen and oxygen atoms in total. The highest BCUT2D eigenvalue weighted by Crippen LogP contribution is 2.48. The predicted molar refractivity (Wildman–Crippen MR) is 82.6 cm³/mol. The van der Waals surface area contributed by atoms with Crippen LogP contribution in [0.4, 0.5) is 0 Å². The molecule has 112 valence electrons. The van der Waals surface area contributed by atoms with Gasteiger partial charge in [0.15, 0.2) is 11.5 Å². The summed E-state index contributed by atoms with van der Waals surface area (Å²) >= 11 is 0. The summed E-state index contributed by atoms with van der Waals surface area (Å²) in [5.74, 6) is 0.510. The highest BCUT2D eigenvalue weighted by atomic mass is 16.6. The van der Waals surface area contributed by atoms with Gasteiger partial charge in [-0.25, -0.2) is 0 Å². The zero-order chi connectivity index (χ0) is 15.6. The van der Waals surface area contributed by atoms with Crippen LogP contribution in [0.3, 0.4) is 0 Å². The van der Waals surface area contributed by atoms with Crippen LogP contribution in [0.2, 0.25) is 0 Å². The lowest BCUT2D eigenvalue weighted by molar-refractivity contribution is -0.154. The zero-order valence-electron chi connectivity index (χ0n) is 13.2. The second-order valence-electron chi connectivity index (χ2n) is 5.37. The number of rotatable bonds is 5. The van der Waals surface area contributed by atoms with Crippen LogP contribution in [0.5, 0.6) is 0 Å². The molecule has 1 rings (SSSR count). The molecule has 20 heavy (non-hydrogen) atoms. The summed E-state index contributed by atoms with van der Waals surface area (Å²) in [6.07, 6.45) is 4.74. The summed E-state index contributed by atoms with van der Waals surface area (Å²) in [6.45, 7) is 15.7. The van der Waals surface area contributed by atoms with Gasteiger partial charge < -0.3 is 14.6 Å². The van der Waals surface area contributed by atoms with Crippen molar-refractivity contribution in [1.29, 1.82) is 0 Å². The molecule has 0 fully saturated rings. The first-order chi connectivity index (χ1) is 9.31. The van der Waals surface area contributed by atoms with Crippen LogP contribution in [-0.4, -0.2) is 23.4 Å². The van der Waals surface area contributed by atoms with Crippen LogP contribution in [0.15, 0.2) is 48.0 Å². The number of aliphatic hydroxyl groups excluding tert-OH is 1. The molecule has 2 atom stereocenters. The molecule has 1 N–H and O–H groups in total. The van der Waals surface area contributed by atoms with Gasteiger partial charge in [-0.3, -0.25) is 0 Å². The van der Waals surface area contributed by atoms with E-state index in [-0.39, 0.29) is 5.76 Å². The second kappa shape index (κ2) is 5.88. The fourth-order valence-electron chi connectivity index (χ4n) is 2.63. The minimum absolute atomic E-state index is 0.0898. The fourth-order valence-corrected chi connectivity index (χ4v) is 2.63. The highest BCUT2D eigenvalue weighted by Gasteiger charge is 2.54. The molecule has 0 aromatic carbocycles. The Morgan fingerprint density at radius 1 is 1.40 bits per heavy atom. The average Bonchev–Trinajstić information content (AvgIpc) is 2.44. The molecule has 0 aromatic rings. The lowest BCUT2D eigenvalue weighted by atomic mass is 9.72. The first-order valence-electron chi connectivity index (χ1n) is 7.00. The minimum Gasteiger partial charge on any atom is -0.504 e. The average molecular weight is 278 g/mol. The van der Waals surface area contributed by atoms with Gasteiger partial charge in [-0.05, 0) is 38.3 Å². The summed E-state index contributed by atoms with van der Waals surface area (Å²) in [4.78, 5) is 0. The molecule has 1 aliphatic rings. The van der Waals surface area contributed by atoms with E-state index < -0.39 is 11.2 Å². The third-order valence-electron chi connectivity index (χ3n) is 4.42. The Balaban J connectivity index is 3.64. The van der Waals surface area contributed by atoms with Crippen LogP contribution in [0.25, 0.3) is 0 Å². The van der Waals surface area contributed by atoms with Crippen molar-refractivity contribution in [3.05, 3.63) is 48.0 Å². The second-order valence-corrected chi connectivity index (χ2v) is 5.37. The molecule has 3 heteroatoms. The molecule has 0 radical (unpaired) electrons. The molecule has 0 amide bonds. The van der Waals surface area contributed by atoms with E-state index >= 15 is 0 Å². The van der Waals surface area contributed by atoms with E-state index in [1.165, 1.54) is 0 Å². The third kappa shape index (κ3) is 2.31.